The molecule has 0 saturated heterocycles. The number of hydrogen-bond acceptors (Lipinski definition) is 4. The molecule has 0 bridgehead atoms. The maximum absolute atomic E-state index is 12.2. The van der Waals surface area contributed by atoms with Gasteiger partial charge in [-0.3, -0.25) is 0 Å². The Balaban J connectivity index is 2.35. The fraction of sp³-hybridized carbons (Fsp3) is 0.462. The monoisotopic (exact) mass is 351 g/mol. The van der Waals surface area contributed by atoms with E-state index in [0.717, 1.165) is 18.9 Å². The summed E-state index contributed by atoms with van der Waals surface area (Å²) in [5.74, 6) is -0.665. The van der Waals surface area contributed by atoms with Gasteiger partial charge in [-0.05, 0) is 31.4 Å². The van der Waals surface area contributed by atoms with Gasteiger partial charge in [0.2, 0.25) is 10.0 Å². The first-order valence-electron chi connectivity index (χ1n) is 6.53. The molecule has 1 aromatic carbocycles. The molecule has 0 aromatic heterocycles. The third-order valence-corrected chi connectivity index (χ3v) is 5.17. The predicted molar refractivity (Wildman–Crippen MR) is 80.4 cm³/mol. The van der Waals surface area contributed by atoms with Crippen molar-refractivity contribution in [1.29, 1.82) is 0 Å². The van der Waals surface area contributed by atoms with Gasteiger partial charge in [0.1, 0.15) is 4.90 Å². The Bertz CT molecular complexity index is 656. The first-order chi connectivity index (χ1) is 9.85. The third kappa shape index (κ3) is 4.10. The lowest BCUT2D eigenvalue weighted by molar-refractivity contribution is 0.0505. The van der Waals surface area contributed by atoms with Crippen molar-refractivity contribution in [3.8, 4) is 0 Å². The van der Waals surface area contributed by atoms with Crippen molar-refractivity contribution < 1.29 is 17.9 Å². The molecule has 1 aromatic rings. The van der Waals surface area contributed by atoms with E-state index in [0.29, 0.717) is 6.42 Å². The van der Waals surface area contributed by atoms with Crippen LogP contribution in [0.2, 0.25) is 10.0 Å². The Morgan fingerprint density at radius 3 is 2.57 bits per heavy atom. The highest BCUT2D eigenvalue weighted by Crippen LogP contribution is 2.31. The summed E-state index contributed by atoms with van der Waals surface area (Å²) in [5.41, 5.74) is -0.00862. The summed E-state index contributed by atoms with van der Waals surface area (Å²) in [6.45, 7) is 2.09. The maximum atomic E-state index is 12.2. The molecule has 1 saturated carbocycles. The number of benzene rings is 1. The molecule has 1 aliphatic carbocycles. The van der Waals surface area contributed by atoms with Crippen LogP contribution in [0.4, 0.5) is 0 Å². The van der Waals surface area contributed by atoms with E-state index < -0.39 is 16.0 Å². The Kier molecular flexibility index (Phi) is 5.14. The second-order valence-corrected chi connectivity index (χ2v) is 7.29. The van der Waals surface area contributed by atoms with Gasteiger partial charge in [-0.15, -0.1) is 0 Å². The zero-order valence-electron chi connectivity index (χ0n) is 11.4. The molecule has 0 amide bonds. The van der Waals surface area contributed by atoms with E-state index in [4.69, 9.17) is 27.9 Å². The van der Waals surface area contributed by atoms with Crippen molar-refractivity contribution >= 4 is 39.2 Å². The van der Waals surface area contributed by atoms with E-state index >= 15 is 0 Å². The molecule has 0 radical (unpaired) electrons. The molecule has 0 spiro atoms. The fourth-order valence-corrected chi connectivity index (χ4v) is 3.80. The van der Waals surface area contributed by atoms with Gasteiger partial charge in [0.15, 0.2) is 0 Å². The number of esters is 1. The summed E-state index contributed by atoms with van der Waals surface area (Å²) in [7, 11) is -3.77. The molecule has 0 atom stereocenters. The molecule has 1 N–H and O–H groups in total. The van der Waals surface area contributed by atoms with Crippen LogP contribution < -0.4 is 4.72 Å². The summed E-state index contributed by atoms with van der Waals surface area (Å²) in [6, 6.07) is 2.35. The van der Waals surface area contributed by atoms with Gasteiger partial charge in [-0.1, -0.05) is 30.1 Å². The van der Waals surface area contributed by atoms with E-state index in [1.54, 1.807) is 0 Å². The molecule has 1 aliphatic rings. The average Bonchev–Trinajstić information content (AvgIpc) is 3.18. The standard InChI is InChI=1S/C13H15Cl2NO4S/c1-2-5-20-13(17)9-6-12(11(15)7-10(9)14)21(18,19)16-8-3-4-8/h6-8,16H,2-5H2,1H3. The Morgan fingerprint density at radius 1 is 1.33 bits per heavy atom. The fourth-order valence-electron chi connectivity index (χ4n) is 1.65. The van der Waals surface area contributed by atoms with Crippen molar-refractivity contribution in [2.45, 2.75) is 37.1 Å². The Hall–Kier alpha value is -0.820. The van der Waals surface area contributed by atoms with Gasteiger partial charge in [0.25, 0.3) is 0 Å². The summed E-state index contributed by atoms with van der Waals surface area (Å²) < 4.78 is 31.9. The van der Waals surface area contributed by atoms with Crippen molar-refractivity contribution in [1.82, 2.24) is 4.72 Å². The Morgan fingerprint density at radius 2 is 2.00 bits per heavy atom. The van der Waals surface area contributed by atoms with E-state index in [1.807, 2.05) is 6.92 Å². The molecular weight excluding hydrogens is 337 g/mol. The number of hydrogen-bond donors (Lipinski definition) is 1. The minimum Gasteiger partial charge on any atom is -0.462 e. The lowest BCUT2D eigenvalue weighted by Gasteiger charge is -2.11. The highest BCUT2D eigenvalue weighted by atomic mass is 35.5. The van der Waals surface area contributed by atoms with E-state index in [2.05, 4.69) is 4.72 Å². The van der Waals surface area contributed by atoms with Crippen LogP contribution >= 0.6 is 23.2 Å². The quantitative estimate of drug-likeness (QED) is 0.799. The number of rotatable bonds is 6. The van der Waals surface area contributed by atoms with E-state index in [-0.39, 0.29) is 33.2 Å². The van der Waals surface area contributed by atoms with Crippen LogP contribution in [0.3, 0.4) is 0 Å². The van der Waals surface area contributed by atoms with Crippen LogP contribution in [0.1, 0.15) is 36.5 Å². The summed E-state index contributed by atoms with van der Waals surface area (Å²) >= 11 is 11.9. The van der Waals surface area contributed by atoms with Gasteiger partial charge in [-0.2, -0.15) is 0 Å². The van der Waals surface area contributed by atoms with Crippen molar-refractivity contribution in [3.63, 3.8) is 0 Å². The second kappa shape index (κ2) is 6.52. The maximum Gasteiger partial charge on any atom is 0.339 e. The third-order valence-electron chi connectivity index (χ3n) is 2.87. The minimum atomic E-state index is -3.77. The molecule has 0 heterocycles. The largest absolute Gasteiger partial charge is 0.462 e. The molecule has 0 unspecified atom stereocenters. The van der Waals surface area contributed by atoms with Crippen molar-refractivity contribution in [3.05, 3.63) is 27.7 Å². The van der Waals surface area contributed by atoms with Crippen molar-refractivity contribution in [2.75, 3.05) is 6.61 Å². The van der Waals surface area contributed by atoms with Gasteiger partial charge in [-0.25, -0.2) is 17.9 Å². The van der Waals surface area contributed by atoms with Crippen LogP contribution in [-0.4, -0.2) is 27.0 Å². The SMILES string of the molecule is CCCOC(=O)c1cc(S(=O)(=O)NC2CC2)c(Cl)cc1Cl. The first-order valence-corrected chi connectivity index (χ1v) is 8.77. The topological polar surface area (TPSA) is 72.5 Å². The lowest BCUT2D eigenvalue weighted by Crippen LogP contribution is -2.26. The number of ether oxygens (including phenoxy) is 1. The van der Waals surface area contributed by atoms with Crippen LogP contribution in [-0.2, 0) is 14.8 Å². The molecule has 0 aliphatic heterocycles. The van der Waals surface area contributed by atoms with Gasteiger partial charge < -0.3 is 4.74 Å². The van der Waals surface area contributed by atoms with Crippen LogP contribution in [0.25, 0.3) is 0 Å². The zero-order chi connectivity index (χ0) is 15.6. The Labute approximate surface area is 133 Å². The molecule has 1 fully saturated rings. The van der Waals surface area contributed by atoms with Gasteiger partial charge in [0, 0.05) is 6.04 Å². The van der Waals surface area contributed by atoms with Crippen LogP contribution in [0, 0.1) is 0 Å². The second-order valence-electron chi connectivity index (χ2n) is 4.79. The number of carbonyl (C=O) groups excluding carboxylic acids is 1. The predicted octanol–water partition coefficient (Wildman–Crippen LogP) is 3.00. The molecule has 21 heavy (non-hydrogen) atoms. The smallest absolute Gasteiger partial charge is 0.339 e. The first kappa shape index (κ1) is 16.5. The van der Waals surface area contributed by atoms with E-state index in [1.165, 1.54) is 6.07 Å². The van der Waals surface area contributed by atoms with Crippen LogP contribution in [0.15, 0.2) is 17.0 Å². The van der Waals surface area contributed by atoms with Crippen molar-refractivity contribution in [2.24, 2.45) is 0 Å². The molecular formula is C13H15Cl2NO4S. The number of sulfonamides is 1. The zero-order valence-corrected chi connectivity index (χ0v) is 13.7. The van der Waals surface area contributed by atoms with Crippen LogP contribution in [0.5, 0.6) is 0 Å². The molecule has 8 heteroatoms. The van der Waals surface area contributed by atoms with Gasteiger partial charge in [0.05, 0.1) is 22.2 Å². The highest BCUT2D eigenvalue weighted by Gasteiger charge is 2.30. The minimum absolute atomic E-state index is 0.00862. The summed E-state index contributed by atoms with van der Waals surface area (Å²) in [6.07, 6.45) is 2.26. The number of halogens is 2. The number of carbonyl (C=O) groups is 1. The normalized spacial score (nSPS) is 15.0. The molecule has 5 nitrogen and oxygen atoms in total. The number of nitrogens with one attached hydrogen (secondary N) is 1. The summed E-state index contributed by atoms with van der Waals surface area (Å²) in [4.78, 5) is 11.7. The average molecular weight is 352 g/mol. The highest BCUT2D eigenvalue weighted by molar-refractivity contribution is 7.89. The van der Waals surface area contributed by atoms with Gasteiger partial charge >= 0.3 is 5.97 Å². The summed E-state index contributed by atoms with van der Waals surface area (Å²) in [5, 5.41) is 0.0340. The molecule has 116 valence electrons. The lowest BCUT2D eigenvalue weighted by atomic mass is 10.2. The molecule has 2 rings (SSSR count). The van der Waals surface area contributed by atoms with E-state index in [9.17, 15) is 13.2 Å².